The van der Waals surface area contributed by atoms with Crippen molar-refractivity contribution in [2.75, 3.05) is 149 Å². The molecule has 0 fully saturated rings. The Morgan fingerprint density at radius 3 is 0.685 bits per heavy atom. The standard InChI is InChI=1S/C29H30FNO7.C28H28FNO5.2C27H25ClFNO5/c1-33-24-10-9-20(17-25(24)34-2)23(32)11-12-31-22-14-18(13-21(30)28(22)37-5)7-8-19-15-26(35-3)29(38-6)27(16-19)36-4;1-18-6-10-21(11-7-18)24(31)12-13-30-23-15-19(14-22(29)27(23)34-4)8-9-20-16-25(32-2)28(35-5)26(17-20)33-3;1-32-24-15-18(16-25(33-2)27(24)35-4)6-5-17-13-21(29)26(34-3)22(14-17)30-12-11-23(31)19-7-9-20(28)10-8-19;1-32-24-14-18(15-25(33-2)27(24)35-4)9-8-17-12-21(29)26(34-3)22(13-17)30-11-10-23(31)19-6-5-7-20(28)16-19/h7-17,31H,1-6H3;6-17,30H,1-5H3;2*5-16,30H,1-4H3/b8-7-,12-11-;9-8-,13-12-;6-5-,12-11-;9-8-,11-10-. The largest absolute Gasteiger partial charge is 0.493 e. The Labute approximate surface area is 837 Å². The predicted molar refractivity (Wildman–Crippen MR) is 554 cm³/mol. The maximum atomic E-state index is 14.8. The summed E-state index contributed by atoms with van der Waals surface area (Å²) >= 11 is 11.8. The zero-order valence-electron chi connectivity index (χ0n) is 81.9. The SMILES string of the molecule is COc1cc(/C=C\c2cc(F)c(OC)c(N/C=C\C(=O)c3ccc(C)cc3)c2)cc(OC)c1OC.COc1cc(/C=C\c2cc(F)c(OC)c(N/C=C\C(=O)c3ccc(Cl)cc3)c2)cc(OC)c1OC.COc1cc(/C=C\c2cc(F)c(OC)c(N/C=C\C(=O)c3cccc(Cl)c3)c2)cc(OC)c1OC.COc1ccc(C(=O)/C=C\Nc2cc(/C=C\c3cc(OC)c(OC)c(OC)c3)cc(F)c2OC)cc1OC. The molecule has 0 bridgehead atoms. The molecule has 26 nitrogen and oxygen atoms in total. The van der Waals surface area contributed by atoms with Gasteiger partial charge in [-0.15, -0.1) is 0 Å². The quantitative estimate of drug-likeness (QED) is 0.0120. The third kappa shape index (κ3) is 30.3. The zero-order chi connectivity index (χ0) is 104. The highest BCUT2D eigenvalue weighted by Gasteiger charge is 2.22. The van der Waals surface area contributed by atoms with Crippen LogP contribution in [0.15, 0.2) is 237 Å². The van der Waals surface area contributed by atoms with Gasteiger partial charge in [-0.05, 0) is 203 Å². The minimum atomic E-state index is -0.568. The lowest BCUT2D eigenvalue weighted by Crippen LogP contribution is -2.00. The fourth-order valence-electron chi connectivity index (χ4n) is 13.8. The fraction of sp³-hybridized carbons (Fsp3) is 0.171. The minimum absolute atomic E-state index is 0.0122. The Balaban J connectivity index is 0.000000213. The summed E-state index contributed by atoms with van der Waals surface area (Å²) in [5, 5.41) is 12.7. The first kappa shape index (κ1) is 110. The van der Waals surface area contributed by atoms with Gasteiger partial charge in [0.2, 0.25) is 23.0 Å². The molecule has 0 heterocycles. The topological polar surface area (TPSA) is 283 Å². The van der Waals surface area contributed by atoms with E-state index in [1.54, 1.807) is 214 Å². The molecule has 0 aliphatic heterocycles. The molecule has 0 unspecified atom stereocenters. The number of allylic oxidation sites excluding steroid dienone is 4. The van der Waals surface area contributed by atoms with Crippen molar-refractivity contribution in [1.82, 2.24) is 0 Å². The van der Waals surface area contributed by atoms with Crippen LogP contribution in [0.1, 0.15) is 91.5 Å². The van der Waals surface area contributed by atoms with Crippen molar-refractivity contribution >= 4 is 118 Å². The summed E-state index contributed by atoms with van der Waals surface area (Å²) in [6.07, 6.45) is 25.2. The van der Waals surface area contributed by atoms with Gasteiger partial charge in [-0.2, -0.15) is 0 Å². The van der Waals surface area contributed by atoms with Gasteiger partial charge in [-0.3, -0.25) is 19.2 Å². The van der Waals surface area contributed by atoms with Crippen molar-refractivity contribution in [3.63, 3.8) is 0 Å². The van der Waals surface area contributed by atoms with E-state index in [1.165, 1.54) is 187 Å². The number of hydrogen-bond donors (Lipinski definition) is 4. The van der Waals surface area contributed by atoms with E-state index in [2.05, 4.69) is 21.3 Å². The maximum absolute atomic E-state index is 14.8. The molecule has 12 aromatic carbocycles. The average molecular weight is 2000 g/mol. The Kier molecular flexibility index (Phi) is 42.3. The van der Waals surface area contributed by atoms with Gasteiger partial charge in [0.1, 0.15) is 0 Å². The van der Waals surface area contributed by atoms with Gasteiger partial charge in [0.15, 0.2) is 127 Å². The summed E-state index contributed by atoms with van der Waals surface area (Å²) in [5.74, 6) is 3.87. The number of anilines is 4. The molecule has 0 saturated heterocycles. The molecule has 0 spiro atoms. The monoisotopic (exact) mass is 1990 g/mol. The number of halogens is 6. The van der Waals surface area contributed by atoms with Crippen molar-refractivity contribution in [3.8, 4) is 103 Å². The van der Waals surface area contributed by atoms with Gasteiger partial charge < -0.3 is 107 Å². The van der Waals surface area contributed by atoms with E-state index < -0.39 is 23.3 Å². The van der Waals surface area contributed by atoms with Crippen molar-refractivity contribution in [1.29, 1.82) is 0 Å². The summed E-state index contributed by atoms with van der Waals surface area (Å²) < 4.78 is 155. The van der Waals surface area contributed by atoms with Crippen molar-refractivity contribution in [2.24, 2.45) is 0 Å². The first-order valence-corrected chi connectivity index (χ1v) is 44.0. The number of aryl methyl sites for hydroxylation is 1. The van der Waals surface area contributed by atoms with E-state index in [0.717, 1.165) is 27.8 Å². The Bertz CT molecular complexity index is 6430. The van der Waals surface area contributed by atoms with Gasteiger partial charge >= 0.3 is 0 Å². The molecular weight excluding hydrogens is 1890 g/mol. The van der Waals surface area contributed by atoms with E-state index in [1.807, 2.05) is 19.1 Å². The average Bonchev–Trinajstić information content (AvgIpc) is 0.824. The third-order valence-corrected chi connectivity index (χ3v) is 21.3. The van der Waals surface area contributed by atoms with Crippen LogP contribution in [-0.2, 0) is 0 Å². The molecular formula is C111H108Cl2F4N4O22. The first-order valence-electron chi connectivity index (χ1n) is 43.2. The number of ketones is 4. The lowest BCUT2D eigenvalue weighted by atomic mass is 10.1. The number of ether oxygens (including phenoxy) is 18. The summed E-state index contributed by atoms with van der Waals surface area (Å²) in [4.78, 5) is 49.7. The number of carbonyl (C=O) groups is 4. The molecule has 0 amide bonds. The second kappa shape index (κ2) is 55.1. The molecule has 12 aromatic rings. The molecule has 0 saturated carbocycles. The van der Waals surface area contributed by atoms with Crippen LogP contribution in [0, 0.1) is 30.2 Å². The van der Waals surface area contributed by atoms with Crippen LogP contribution in [0.4, 0.5) is 40.3 Å². The summed E-state index contributed by atoms with van der Waals surface area (Å²) in [6, 6.07) is 51.7. The normalized spacial score (nSPS) is 11.0. The number of methoxy groups -OCH3 is 18. The summed E-state index contributed by atoms with van der Waals surface area (Å²) in [6.45, 7) is 1.95. The summed E-state index contributed by atoms with van der Waals surface area (Å²) in [5.41, 5.74) is 9.71. The van der Waals surface area contributed by atoms with Crippen LogP contribution >= 0.6 is 23.2 Å². The van der Waals surface area contributed by atoms with Crippen LogP contribution in [-0.4, -0.2) is 151 Å². The van der Waals surface area contributed by atoms with Crippen LogP contribution in [0.2, 0.25) is 10.0 Å². The molecule has 0 aliphatic carbocycles. The molecule has 143 heavy (non-hydrogen) atoms. The molecule has 0 atom stereocenters. The van der Waals surface area contributed by atoms with E-state index in [0.29, 0.717) is 158 Å². The van der Waals surface area contributed by atoms with Gasteiger partial charge in [-0.25, -0.2) is 17.6 Å². The molecule has 746 valence electrons. The van der Waals surface area contributed by atoms with E-state index in [4.69, 9.17) is 108 Å². The number of benzene rings is 12. The lowest BCUT2D eigenvalue weighted by molar-refractivity contribution is 0.103. The maximum Gasteiger partial charge on any atom is 0.203 e. The van der Waals surface area contributed by atoms with Crippen molar-refractivity contribution in [3.05, 3.63) is 343 Å². The second-order valence-electron chi connectivity index (χ2n) is 29.8. The smallest absolute Gasteiger partial charge is 0.203 e. The summed E-state index contributed by atoms with van der Waals surface area (Å²) in [7, 11) is 26.9. The molecule has 0 aliphatic rings. The minimum Gasteiger partial charge on any atom is -0.493 e. The number of rotatable bonds is 42. The highest BCUT2D eigenvalue weighted by atomic mass is 35.5. The number of hydrogen-bond acceptors (Lipinski definition) is 26. The fourth-order valence-corrected chi connectivity index (χ4v) is 14.2. The zero-order valence-corrected chi connectivity index (χ0v) is 83.4. The lowest BCUT2D eigenvalue weighted by Gasteiger charge is -2.13. The molecule has 12 rings (SSSR count). The van der Waals surface area contributed by atoms with Crippen molar-refractivity contribution in [2.45, 2.75) is 6.92 Å². The van der Waals surface area contributed by atoms with Crippen LogP contribution < -0.4 is 107 Å². The van der Waals surface area contributed by atoms with E-state index >= 15 is 0 Å². The Hall–Kier alpha value is -16.9. The van der Waals surface area contributed by atoms with E-state index in [-0.39, 0.29) is 46.1 Å². The Morgan fingerprint density at radius 2 is 0.448 bits per heavy atom. The van der Waals surface area contributed by atoms with Gasteiger partial charge in [0.25, 0.3) is 0 Å². The molecule has 32 heteroatoms. The second-order valence-corrected chi connectivity index (χ2v) is 30.7. The number of nitrogens with one attached hydrogen (secondary N) is 4. The molecule has 4 N–H and O–H groups in total. The van der Waals surface area contributed by atoms with Crippen LogP contribution in [0.3, 0.4) is 0 Å². The third-order valence-electron chi connectivity index (χ3n) is 20.8. The van der Waals surface area contributed by atoms with E-state index in [9.17, 15) is 36.7 Å². The highest BCUT2D eigenvalue weighted by Crippen LogP contribution is 2.45. The van der Waals surface area contributed by atoms with Gasteiger partial charge in [0, 0.05) is 81.4 Å². The van der Waals surface area contributed by atoms with Gasteiger partial charge in [-0.1, -0.05) is 114 Å². The molecule has 0 aromatic heterocycles. The first-order chi connectivity index (χ1) is 69.1. The highest BCUT2D eigenvalue weighted by molar-refractivity contribution is 6.31. The van der Waals surface area contributed by atoms with Crippen molar-refractivity contribution < 1.29 is 122 Å². The van der Waals surface area contributed by atoms with Crippen LogP contribution in [0.5, 0.6) is 103 Å². The number of carbonyl (C=O) groups excluding carboxylic acids is 4. The van der Waals surface area contributed by atoms with Gasteiger partial charge in [0.05, 0.1) is 151 Å². The molecule has 0 radical (unpaired) electrons. The van der Waals surface area contributed by atoms with Crippen LogP contribution in [0.25, 0.3) is 48.6 Å². The predicted octanol–water partition coefficient (Wildman–Crippen LogP) is 25.0. The Morgan fingerprint density at radius 1 is 0.224 bits per heavy atom.